The predicted molar refractivity (Wildman–Crippen MR) is 106 cm³/mol. The molecule has 0 aliphatic carbocycles. The quantitative estimate of drug-likeness (QED) is 0.629. The summed E-state index contributed by atoms with van der Waals surface area (Å²) in [5, 5.41) is 3.32. The van der Waals surface area contributed by atoms with E-state index >= 15 is 0 Å². The molecule has 0 amide bonds. The highest BCUT2D eigenvalue weighted by Crippen LogP contribution is 2.36. The maximum absolute atomic E-state index is 12.3. The van der Waals surface area contributed by atoms with E-state index in [2.05, 4.69) is 36.9 Å². The SMILES string of the molecule is Cl.Cl.FC(F)(F)Oc1ccc([C@@H](c2ccc(Br)s2)N2CCNCC2)cc1. The van der Waals surface area contributed by atoms with Crippen LogP contribution in [-0.4, -0.2) is 37.4 Å². The van der Waals surface area contributed by atoms with E-state index in [4.69, 9.17) is 0 Å². The fourth-order valence-electron chi connectivity index (χ4n) is 2.82. The smallest absolute Gasteiger partial charge is 0.406 e. The zero-order valence-corrected chi connectivity index (χ0v) is 17.5. The molecular weight excluding hydrogens is 476 g/mol. The number of rotatable bonds is 4. The second-order valence-corrected chi connectivity index (χ2v) is 7.94. The lowest BCUT2D eigenvalue weighted by Gasteiger charge is -2.34. The molecule has 1 atom stereocenters. The van der Waals surface area contributed by atoms with Gasteiger partial charge in [-0.15, -0.1) is 49.3 Å². The summed E-state index contributed by atoms with van der Waals surface area (Å²) in [6, 6.07) is 10.3. The average Bonchev–Trinajstić information content (AvgIpc) is 2.95. The second kappa shape index (κ2) is 10.1. The van der Waals surface area contributed by atoms with Gasteiger partial charge in [0.15, 0.2) is 0 Å². The maximum atomic E-state index is 12.3. The maximum Gasteiger partial charge on any atom is 0.573 e. The number of hydrogen-bond donors (Lipinski definition) is 1. The van der Waals surface area contributed by atoms with Crippen LogP contribution in [0.25, 0.3) is 0 Å². The topological polar surface area (TPSA) is 24.5 Å². The molecule has 0 spiro atoms. The zero-order chi connectivity index (χ0) is 17.2. The molecule has 0 unspecified atom stereocenters. The van der Waals surface area contributed by atoms with Crippen molar-refractivity contribution in [2.75, 3.05) is 26.2 Å². The van der Waals surface area contributed by atoms with E-state index in [0.29, 0.717) is 0 Å². The molecule has 0 radical (unpaired) electrons. The molecule has 0 saturated carbocycles. The van der Waals surface area contributed by atoms with Gasteiger partial charge in [-0.2, -0.15) is 0 Å². The van der Waals surface area contributed by atoms with Crippen LogP contribution in [0.15, 0.2) is 40.2 Å². The minimum Gasteiger partial charge on any atom is -0.406 e. The summed E-state index contributed by atoms with van der Waals surface area (Å²) in [7, 11) is 0. The molecule has 1 aromatic heterocycles. The van der Waals surface area contributed by atoms with Crippen molar-refractivity contribution < 1.29 is 17.9 Å². The first-order chi connectivity index (χ1) is 11.4. The molecule has 146 valence electrons. The van der Waals surface area contributed by atoms with Crippen LogP contribution < -0.4 is 10.1 Å². The van der Waals surface area contributed by atoms with E-state index in [1.807, 2.05) is 6.07 Å². The highest BCUT2D eigenvalue weighted by Gasteiger charge is 2.31. The van der Waals surface area contributed by atoms with Crippen LogP contribution in [-0.2, 0) is 0 Å². The molecule has 1 aromatic carbocycles. The van der Waals surface area contributed by atoms with Crippen LogP contribution in [0.2, 0.25) is 0 Å². The average molecular weight is 494 g/mol. The molecule has 0 bridgehead atoms. The highest BCUT2D eigenvalue weighted by molar-refractivity contribution is 9.11. The normalized spacial score (nSPS) is 16.3. The largest absolute Gasteiger partial charge is 0.573 e. The van der Waals surface area contributed by atoms with Crippen LogP contribution in [0, 0.1) is 0 Å². The summed E-state index contributed by atoms with van der Waals surface area (Å²) in [5.74, 6) is -0.197. The second-order valence-electron chi connectivity index (χ2n) is 5.45. The van der Waals surface area contributed by atoms with Crippen molar-refractivity contribution >= 4 is 52.1 Å². The van der Waals surface area contributed by atoms with Gasteiger partial charge in [-0.05, 0) is 45.8 Å². The summed E-state index contributed by atoms with van der Waals surface area (Å²) in [5.41, 5.74) is 0.959. The van der Waals surface area contributed by atoms with Gasteiger partial charge >= 0.3 is 6.36 Å². The Bertz CT molecular complexity index is 679. The summed E-state index contributed by atoms with van der Waals surface area (Å²) < 4.78 is 42.0. The number of nitrogens with one attached hydrogen (secondary N) is 1. The molecule has 1 saturated heterocycles. The summed E-state index contributed by atoms with van der Waals surface area (Å²) in [6.07, 6.45) is -4.67. The molecule has 3 nitrogen and oxygen atoms in total. The Kier molecular flexibility index (Phi) is 9.18. The number of alkyl halides is 3. The lowest BCUT2D eigenvalue weighted by molar-refractivity contribution is -0.274. The van der Waals surface area contributed by atoms with Crippen molar-refractivity contribution in [1.29, 1.82) is 0 Å². The van der Waals surface area contributed by atoms with Gasteiger partial charge in [-0.25, -0.2) is 0 Å². The minimum absolute atomic E-state index is 0. The fraction of sp³-hybridized carbons (Fsp3) is 0.375. The van der Waals surface area contributed by atoms with E-state index in [1.54, 1.807) is 23.5 Å². The van der Waals surface area contributed by atoms with Gasteiger partial charge in [-0.3, -0.25) is 4.90 Å². The van der Waals surface area contributed by atoms with Crippen molar-refractivity contribution in [2.24, 2.45) is 0 Å². The van der Waals surface area contributed by atoms with Crippen molar-refractivity contribution in [3.8, 4) is 5.75 Å². The number of halogens is 6. The van der Waals surface area contributed by atoms with Crippen molar-refractivity contribution in [1.82, 2.24) is 10.2 Å². The van der Waals surface area contributed by atoms with Gasteiger partial charge in [0.05, 0.1) is 9.83 Å². The molecule has 2 aromatic rings. The number of nitrogens with zero attached hydrogens (tertiary/aromatic N) is 1. The molecule has 1 N–H and O–H groups in total. The number of thiophene rings is 1. The molecule has 26 heavy (non-hydrogen) atoms. The number of ether oxygens (including phenoxy) is 1. The van der Waals surface area contributed by atoms with Gasteiger partial charge < -0.3 is 10.1 Å². The Hall–Kier alpha value is -0.510. The van der Waals surface area contributed by atoms with E-state index in [-0.39, 0.29) is 36.6 Å². The number of benzene rings is 1. The Morgan fingerprint density at radius 2 is 1.65 bits per heavy atom. The first-order valence-electron chi connectivity index (χ1n) is 7.48. The lowest BCUT2D eigenvalue weighted by Crippen LogP contribution is -2.45. The molecular formula is C16H18BrCl2F3N2OS. The van der Waals surface area contributed by atoms with Crippen LogP contribution in [0.4, 0.5) is 13.2 Å². The lowest BCUT2D eigenvalue weighted by atomic mass is 10.0. The molecule has 1 aliphatic rings. The molecule has 1 aliphatic heterocycles. The fourth-order valence-corrected chi connectivity index (χ4v) is 4.41. The summed E-state index contributed by atoms with van der Waals surface area (Å²) in [6.45, 7) is 3.58. The molecule has 10 heteroatoms. The zero-order valence-electron chi connectivity index (χ0n) is 13.5. The van der Waals surface area contributed by atoms with Crippen molar-refractivity contribution in [2.45, 2.75) is 12.4 Å². The van der Waals surface area contributed by atoms with Crippen molar-refractivity contribution in [3.05, 3.63) is 50.6 Å². The van der Waals surface area contributed by atoms with Gasteiger partial charge in [0, 0.05) is 31.1 Å². The first-order valence-corrected chi connectivity index (χ1v) is 9.09. The van der Waals surface area contributed by atoms with E-state index in [9.17, 15) is 13.2 Å². The van der Waals surface area contributed by atoms with E-state index in [1.165, 1.54) is 12.1 Å². The third-order valence-electron chi connectivity index (χ3n) is 3.81. The Balaban J connectivity index is 0.00000169. The number of hydrogen-bond acceptors (Lipinski definition) is 4. The van der Waals surface area contributed by atoms with Gasteiger partial charge in [0.25, 0.3) is 0 Å². The standard InChI is InChI=1S/C16H16BrF3N2OS.2ClH/c17-14-6-5-13(24-14)15(22-9-7-21-8-10-22)11-1-3-12(4-2-11)23-16(18,19)20;;/h1-6,15,21H,7-10H2;2*1H/t15-;;/m0../s1. The molecule has 2 heterocycles. The Morgan fingerprint density at radius 1 is 1.04 bits per heavy atom. The Labute approximate surface area is 174 Å². The Morgan fingerprint density at radius 3 is 2.15 bits per heavy atom. The minimum atomic E-state index is -4.67. The monoisotopic (exact) mass is 492 g/mol. The van der Waals surface area contributed by atoms with E-state index in [0.717, 1.165) is 40.4 Å². The molecule has 3 rings (SSSR count). The summed E-state index contributed by atoms with van der Waals surface area (Å²) >= 11 is 5.13. The van der Waals surface area contributed by atoms with E-state index < -0.39 is 6.36 Å². The third-order valence-corrected chi connectivity index (χ3v) is 5.49. The first kappa shape index (κ1) is 23.5. The third kappa shape index (κ3) is 6.28. The summed E-state index contributed by atoms with van der Waals surface area (Å²) in [4.78, 5) is 3.50. The van der Waals surface area contributed by atoms with Crippen molar-refractivity contribution in [3.63, 3.8) is 0 Å². The van der Waals surface area contributed by atoms with Crippen LogP contribution in [0.3, 0.4) is 0 Å². The van der Waals surface area contributed by atoms with Gasteiger partial charge in [0.2, 0.25) is 0 Å². The molecule has 1 fully saturated rings. The van der Waals surface area contributed by atoms with Crippen LogP contribution in [0.5, 0.6) is 5.75 Å². The van der Waals surface area contributed by atoms with Gasteiger partial charge in [0.1, 0.15) is 5.75 Å². The predicted octanol–water partition coefficient (Wildman–Crippen LogP) is 5.25. The van der Waals surface area contributed by atoms with Gasteiger partial charge in [-0.1, -0.05) is 12.1 Å². The highest BCUT2D eigenvalue weighted by atomic mass is 79.9. The van der Waals surface area contributed by atoms with Crippen LogP contribution >= 0.6 is 52.1 Å². The number of piperazine rings is 1. The van der Waals surface area contributed by atoms with Crippen LogP contribution in [0.1, 0.15) is 16.5 Å².